The molecule has 0 radical (unpaired) electrons. The van der Waals surface area contributed by atoms with Gasteiger partial charge in [0.1, 0.15) is 5.69 Å². The summed E-state index contributed by atoms with van der Waals surface area (Å²) in [5.74, 6) is 5.36. The van der Waals surface area contributed by atoms with Crippen LogP contribution in [0.25, 0.3) is 0 Å². The molecule has 0 saturated heterocycles. The molecule has 0 bridgehead atoms. The topological polar surface area (TPSA) is 120 Å². The summed E-state index contributed by atoms with van der Waals surface area (Å²) in [4.78, 5) is 22.4. The first-order valence-electron chi connectivity index (χ1n) is 4.69. The van der Waals surface area contributed by atoms with Crippen LogP contribution in [0, 0.1) is 17.0 Å². The third-order valence-corrected chi connectivity index (χ3v) is 3.79. The van der Waals surface area contributed by atoms with Crippen LogP contribution in [0.5, 0.6) is 0 Å². The standard InChI is InChI=1S/C8H8N6O2S2/c1-4-5(14(15)16)6(12-7(11-4)13-9)18-8-10-2-3-17-8/h2-3H,9H2,1H3,(H,11,12,13). The van der Waals surface area contributed by atoms with Gasteiger partial charge in [0.15, 0.2) is 9.37 Å². The minimum atomic E-state index is -0.508. The van der Waals surface area contributed by atoms with Crippen LogP contribution in [0.1, 0.15) is 5.69 Å². The number of nitrogens with one attached hydrogen (secondary N) is 1. The zero-order chi connectivity index (χ0) is 13.1. The molecule has 0 saturated carbocycles. The molecule has 0 amide bonds. The van der Waals surface area contributed by atoms with E-state index in [1.54, 1.807) is 11.6 Å². The van der Waals surface area contributed by atoms with Gasteiger partial charge in [0.2, 0.25) is 5.95 Å². The fourth-order valence-electron chi connectivity index (χ4n) is 1.23. The van der Waals surface area contributed by atoms with E-state index in [0.717, 1.165) is 11.8 Å². The number of anilines is 1. The summed E-state index contributed by atoms with van der Waals surface area (Å²) < 4.78 is 0.666. The Morgan fingerprint density at radius 3 is 2.89 bits per heavy atom. The van der Waals surface area contributed by atoms with Gasteiger partial charge in [0.25, 0.3) is 0 Å². The van der Waals surface area contributed by atoms with Gasteiger partial charge in [-0.05, 0) is 18.7 Å². The lowest BCUT2D eigenvalue weighted by atomic mass is 10.4. The van der Waals surface area contributed by atoms with E-state index in [1.807, 2.05) is 0 Å². The Hall–Kier alpha value is -1.78. The van der Waals surface area contributed by atoms with Crippen LogP contribution in [-0.2, 0) is 0 Å². The van der Waals surface area contributed by atoms with Crippen LogP contribution in [0.15, 0.2) is 20.9 Å². The predicted octanol–water partition coefficient (Wildman–Crippen LogP) is 1.59. The number of hydrazine groups is 1. The number of nitrogens with two attached hydrogens (primary N) is 1. The Kier molecular flexibility index (Phi) is 3.69. The molecule has 0 atom stereocenters. The molecule has 94 valence electrons. The van der Waals surface area contributed by atoms with Gasteiger partial charge in [-0.2, -0.15) is 4.98 Å². The highest BCUT2D eigenvalue weighted by Crippen LogP contribution is 2.35. The lowest BCUT2D eigenvalue weighted by molar-refractivity contribution is -0.389. The van der Waals surface area contributed by atoms with E-state index in [9.17, 15) is 10.1 Å². The van der Waals surface area contributed by atoms with Gasteiger partial charge in [-0.25, -0.2) is 15.8 Å². The van der Waals surface area contributed by atoms with Gasteiger partial charge in [-0.3, -0.25) is 15.5 Å². The van der Waals surface area contributed by atoms with Crippen molar-refractivity contribution in [3.8, 4) is 0 Å². The van der Waals surface area contributed by atoms with Crippen molar-refractivity contribution in [2.75, 3.05) is 5.43 Å². The van der Waals surface area contributed by atoms with Crippen molar-refractivity contribution in [2.24, 2.45) is 5.84 Å². The van der Waals surface area contributed by atoms with Crippen LogP contribution in [-0.4, -0.2) is 19.9 Å². The van der Waals surface area contributed by atoms with Crippen molar-refractivity contribution in [1.29, 1.82) is 0 Å². The number of rotatable bonds is 4. The average molecular weight is 284 g/mol. The number of aryl methyl sites for hydroxylation is 1. The Bertz CT molecular complexity index is 573. The van der Waals surface area contributed by atoms with E-state index in [1.165, 1.54) is 18.3 Å². The molecule has 2 aromatic heterocycles. The monoisotopic (exact) mass is 284 g/mol. The maximum Gasteiger partial charge on any atom is 0.322 e. The molecule has 10 heteroatoms. The van der Waals surface area contributed by atoms with E-state index in [2.05, 4.69) is 20.4 Å². The summed E-state index contributed by atoms with van der Waals surface area (Å²) in [6.45, 7) is 1.53. The van der Waals surface area contributed by atoms with Crippen LogP contribution in [0.4, 0.5) is 11.6 Å². The van der Waals surface area contributed by atoms with E-state index in [-0.39, 0.29) is 22.4 Å². The van der Waals surface area contributed by atoms with Gasteiger partial charge < -0.3 is 0 Å². The van der Waals surface area contributed by atoms with Crippen molar-refractivity contribution in [3.05, 3.63) is 27.4 Å². The Labute approximate surface area is 110 Å². The molecule has 0 fully saturated rings. The van der Waals surface area contributed by atoms with E-state index >= 15 is 0 Å². The third kappa shape index (κ3) is 2.55. The van der Waals surface area contributed by atoms with E-state index < -0.39 is 4.92 Å². The van der Waals surface area contributed by atoms with E-state index in [4.69, 9.17) is 5.84 Å². The van der Waals surface area contributed by atoms with Crippen molar-refractivity contribution < 1.29 is 4.92 Å². The minimum absolute atomic E-state index is 0.130. The lowest BCUT2D eigenvalue weighted by Gasteiger charge is -2.05. The number of aromatic nitrogens is 3. The highest BCUT2D eigenvalue weighted by Gasteiger charge is 2.23. The maximum absolute atomic E-state index is 11.0. The van der Waals surface area contributed by atoms with Crippen molar-refractivity contribution in [2.45, 2.75) is 16.3 Å². The van der Waals surface area contributed by atoms with Gasteiger partial charge >= 0.3 is 5.69 Å². The van der Waals surface area contributed by atoms with Crippen LogP contribution < -0.4 is 11.3 Å². The minimum Gasteiger partial charge on any atom is -0.292 e. The molecule has 0 aromatic carbocycles. The highest BCUT2D eigenvalue weighted by atomic mass is 32.2. The normalized spacial score (nSPS) is 10.3. The molecule has 0 aliphatic heterocycles. The Morgan fingerprint density at radius 2 is 2.33 bits per heavy atom. The van der Waals surface area contributed by atoms with Crippen molar-refractivity contribution >= 4 is 34.7 Å². The molecule has 18 heavy (non-hydrogen) atoms. The molecule has 0 unspecified atom stereocenters. The molecular formula is C8H8N6O2S2. The van der Waals surface area contributed by atoms with Crippen molar-refractivity contribution in [3.63, 3.8) is 0 Å². The summed E-state index contributed by atoms with van der Waals surface area (Å²) in [5, 5.41) is 13.0. The van der Waals surface area contributed by atoms with Crippen molar-refractivity contribution in [1.82, 2.24) is 15.0 Å². The van der Waals surface area contributed by atoms with Gasteiger partial charge in [-0.15, -0.1) is 11.3 Å². The molecular weight excluding hydrogens is 276 g/mol. The number of hydrogen-bond acceptors (Lipinski definition) is 9. The molecule has 2 heterocycles. The highest BCUT2D eigenvalue weighted by molar-refractivity contribution is 8.01. The Morgan fingerprint density at radius 1 is 1.56 bits per heavy atom. The number of nitro groups is 1. The molecule has 0 aliphatic carbocycles. The molecule has 0 spiro atoms. The second-order valence-corrected chi connectivity index (χ2v) is 5.22. The third-order valence-electron chi connectivity index (χ3n) is 1.93. The number of nitrogen functional groups attached to an aromatic ring is 1. The lowest BCUT2D eigenvalue weighted by Crippen LogP contribution is -2.12. The van der Waals surface area contributed by atoms with Crippen LogP contribution in [0.3, 0.4) is 0 Å². The molecule has 3 N–H and O–H groups in total. The largest absolute Gasteiger partial charge is 0.322 e. The fourth-order valence-corrected chi connectivity index (χ4v) is 2.92. The zero-order valence-electron chi connectivity index (χ0n) is 9.15. The summed E-state index contributed by atoms with van der Waals surface area (Å²) in [7, 11) is 0. The zero-order valence-corrected chi connectivity index (χ0v) is 10.8. The average Bonchev–Trinajstić information content (AvgIpc) is 2.80. The Balaban J connectivity index is 2.48. The number of thiazole rings is 1. The quantitative estimate of drug-likeness (QED) is 0.376. The SMILES string of the molecule is Cc1nc(NN)nc(Sc2nccs2)c1[N+](=O)[O-]. The first-order valence-corrected chi connectivity index (χ1v) is 6.38. The smallest absolute Gasteiger partial charge is 0.292 e. The maximum atomic E-state index is 11.0. The summed E-state index contributed by atoms with van der Waals surface area (Å²) in [6, 6.07) is 0. The summed E-state index contributed by atoms with van der Waals surface area (Å²) >= 11 is 2.49. The summed E-state index contributed by atoms with van der Waals surface area (Å²) in [6.07, 6.45) is 1.62. The summed E-state index contributed by atoms with van der Waals surface area (Å²) in [5.41, 5.74) is 2.40. The molecule has 0 aliphatic rings. The van der Waals surface area contributed by atoms with Gasteiger partial charge in [0.05, 0.1) is 4.92 Å². The second-order valence-electron chi connectivity index (χ2n) is 3.09. The number of nitrogens with zero attached hydrogens (tertiary/aromatic N) is 4. The molecule has 8 nitrogen and oxygen atoms in total. The van der Waals surface area contributed by atoms with E-state index in [0.29, 0.717) is 4.34 Å². The van der Waals surface area contributed by atoms with Gasteiger partial charge in [-0.1, -0.05) is 0 Å². The fraction of sp³-hybridized carbons (Fsp3) is 0.125. The predicted molar refractivity (Wildman–Crippen MR) is 67.5 cm³/mol. The molecule has 2 rings (SSSR count). The number of hydrogen-bond donors (Lipinski definition) is 2. The van der Waals surface area contributed by atoms with Gasteiger partial charge in [0, 0.05) is 11.6 Å². The van der Waals surface area contributed by atoms with Crippen LogP contribution in [0.2, 0.25) is 0 Å². The second kappa shape index (κ2) is 5.25. The molecule has 2 aromatic rings. The first kappa shape index (κ1) is 12.7. The first-order chi connectivity index (χ1) is 8.61. The van der Waals surface area contributed by atoms with Crippen LogP contribution >= 0.6 is 23.1 Å².